The Labute approximate surface area is 516 Å². The number of carbonyl (C=O) groups excluding carboxylic acids is 2. The van der Waals surface area contributed by atoms with Crippen LogP contribution in [0.1, 0.15) is 329 Å². The molecule has 490 valence electrons. The van der Waals surface area contributed by atoms with Gasteiger partial charge in [-0.15, -0.1) is 0 Å². The number of aliphatic hydroxyl groups excluding tert-OH is 5. The molecule has 0 aromatic heterocycles. The average molecular weight is 1180 g/mol. The maximum Gasteiger partial charge on any atom is 0.306 e. The monoisotopic (exact) mass is 1180 g/mol. The molecule has 1 fully saturated rings. The lowest BCUT2D eigenvalue weighted by Gasteiger charge is -2.41. The fourth-order valence-corrected chi connectivity index (χ4v) is 11.0. The number of unbranched alkanes of at least 4 members (excludes halogenated alkanes) is 39. The van der Waals surface area contributed by atoms with E-state index in [1.807, 2.05) is 6.08 Å². The van der Waals surface area contributed by atoms with Crippen molar-refractivity contribution in [3.63, 3.8) is 0 Å². The molecule has 1 rings (SSSR count). The van der Waals surface area contributed by atoms with Crippen LogP contribution in [0, 0.1) is 0 Å². The molecule has 1 aliphatic heterocycles. The Morgan fingerprint density at radius 2 is 0.821 bits per heavy atom. The number of allylic oxidation sites excluding steroid dienone is 9. The summed E-state index contributed by atoms with van der Waals surface area (Å²) in [5, 5.41) is 57.2. The number of hydrogen-bond donors (Lipinski definition) is 6. The summed E-state index contributed by atoms with van der Waals surface area (Å²) in [6.45, 7) is 5.79. The maximum atomic E-state index is 13.5. The summed E-state index contributed by atoms with van der Waals surface area (Å²) < 4.78 is 17.7. The molecule has 1 saturated heterocycles. The second-order valence-corrected chi connectivity index (χ2v) is 24.6. The van der Waals surface area contributed by atoms with Gasteiger partial charge < -0.3 is 45.1 Å². The highest BCUT2D eigenvalue weighted by Gasteiger charge is 2.47. The second-order valence-electron chi connectivity index (χ2n) is 24.6. The van der Waals surface area contributed by atoms with Gasteiger partial charge >= 0.3 is 5.97 Å². The van der Waals surface area contributed by atoms with Gasteiger partial charge in [0, 0.05) is 6.42 Å². The minimum Gasteiger partial charge on any atom is -0.454 e. The zero-order valence-corrected chi connectivity index (χ0v) is 54.5. The van der Waals surface area contributed by atoms with Crippen molar-refractivity contribution in [2.75, 3.05) is 13.2 Å². The number of hydrogen-bond acceptors (Lipinski definition) is 10. The van der Waals surface area contributed by atoms with E-state index < -0.39 is 67.4 Å². The SMILES string of the molecule is CCCCC/C=C\C/C=C\C/C=C\C/C=C\CCCCCCC(O)C(=O)NC(COC1OC(CO)C(O)C(O)C1OC(=O)CCCCCCCCCCCCCCCCCCCCCCCCC)C(O)/C=C/CCCCCCCCCCCC. The number of rotatable bonds is 61. The highest BCUT2D eigenvalue weighted by molar-refractivity contribution is 5.80. The van der Waals surface area contributed by atoms with Crippen molar-refractivity contribution in [1.82, 2.24) is 5.32 Å². The summed E-state index contributed by atoms with van der Waals surface area (Å²) in [6.07, 6.45) is 66.9. The topological polar surface area (TPSA) is 175 Å². The van der Waals surface area contributed by atoms with Crippen molar-refractivity contribution in [3.05, 3.63) is 60.8 Å². The molecule has 1 heterocycles. The second kappa shape index (κ2) is 60.6. The molecule has 0 spiro atoms. The number of ether oxygens (including phenoxy) is 3. The van der Waals surface area contributed by atoms with E-state index in [4.69, 9.17) is 14.2 Å². The molecule has 1 amide bonds. The van der Waals surface area contributed by atoms with Gasteiger partial charge in [0.15, 0.2) is 12.4 Å². The lowest BCUT2D eigenvalue weighted by atomic mass is 9.99. The third-order valence-corrected chi connectivity index (χ3v) is 16.7. The molecule has 11 heteroatoms. The Kier molecular flexibility index (Phi) is 57.3. The smallest absolute Gasteiger partial charge is 0.306 e. The van der Waals surface area contributed by atoms with Gasteiger partial charge in [-0.05, 0) is 70.6 Å². The fraction of sp³-hybridized carbons (Fsp3) is 0.836. The first kappa shape index (κ1) is 79.4. The van der Waals surface area contributed by atoms with Crippen molar-refractivity contribution < 1.29 is 49.3 Å². The van der Waals surface area contributed by atoms with Crippen LogP contribution in [0.25, 0.3) is 0 Å². The predicted octanol–water partition coefficient (Wildman–Crippen LogP) is 18.1. The highest BCUT2D eigenvalue weighted by Crippen LogP contribution is 2.26. The summed E-state index contributed by atoms with van der Waals surface area (Å²) >= 11 is 0. The molecule has 0 saturated carbocycles. The number of aliphatic hydroxyl groups is 5. The third kappa shape index (κ3) is 47.4. The van der Waals surface area contributed by atoms with Crippen molar-refractivity contribution in [2.24, 2.45) is 0 Å². The Bertz CT molecular complexity index is 1600. The van der Waals surface area contributed by atoms with Gasteiger partial charge in [0.2, 0.25) is 5.91 Å². The quantitative estimate of drug-likeness (QED) is 0.0195. The van der Waals surface area contributed by atoms with Crippen LogP contribution in [0.4, 0.5) is 0 Å². The molecule has 0 radical (unpaired) electrons. The summed E-state index contributed by atoms with van der Waals surface area (Å²) in [7, 11) is 0. The minimum atomic E-state index is -1.62. The first-order valence-corrected chi connectivity index (χ1v) is 35.6. The number of carbonyl (C=O) groups is 2. The van der Waals surface area contributed by atoms with E-state index in [2.05, 4.69) is 74.7 Å². The van der Waals surface area contributed by atoms with Gasteiger partial charge in [0.05, 0.1) is 25.4 Å². The van der Waals surface area contributed by atoms with E-state index in [9.17, 15) is 35.1 Å². The summed E-state index contributed by atoms with van der Waals surface area (Å²) in [6, 6.07) is -1.04. The van der Waals surface area contributed by atoms with Gasteiger partial charge in [-0.25, -0.2) is 0 Å². The van der Waals surface area contributed by atoms with Crippen LogP contribution in [0.3, 0.4) is 0 Å². The van der Waals surface area contributed by atoms with E-state index in [1.165, 1.54) is 199 Å². The zero-order valence-electron chi connectivity index (χ0n) is 54.5. The molecule has 0 aromatic rings. The maximum absolute atomic E-state index is 13.5. The molecular weight excluding hydrogens is 1050 g/mol. The Morgan fingerprint density at radius 1 is 0.464 bits per heavy atom. The van der Waals surface area contributed by atoms with E-state index >= 15 is 0 Å². The zero-order chi connectivity index (χ0) is 61.0. The summed E-state index contributed by atoms with van der Waals surface area (Å²) in [5.74, 6) is -1.20. The van der Waals surface area contributed by atoms with E-state index in [0.29, 0.717) is 12.8 Å². The van der Waals surface area contributed by atoms with Crippen LogP contribution in [0.5, 0.6) is 0 Å². The van der Waals surface area contributed by atoms with Crippen LogP contribution in [0.15, 0.2) is 60.8 Å². The van der Waals surface area contributed by atoms with Crippen LogP contribution in [-0.2, 0) is 23.8 Å². The molecule has 0 aliphatic carbocycles. The third-order valence-electron chi connectivity index (χ3n) is 16.7. The van der Waals surface area contributed by atoms with Crippen LogP contribution < -0.4 is 5.32 Å². The molecule has 84 heavy (non-hydrogen) atoms. The highest BCUT2D eigenvalue weighted by atomic mass is 16.7. The lowest BCUT2D eigenvalue weighted by Crippen LogP contribution is -2.61. The van der Waals surface area contributed by atoms with Crippen molar-refractivity contribution >= 4 is 11.9 Å². The van der Waals surface area contributed by atoms with E-state index in [0.717, 1.165) is 83.5 Å². The van der Waals surface area contributed by atoms with Crippen LogP contribution >= 0.6 is 0 Å². The molecule has 0 bridgehead atoms. The summed E-state index contributed by atoms with van der Waals surface area (Å²) in [4.78, 5) is 26.7. The molecular formula is C73H133NO10. The number of amides is 1. The Hall–Kier alpha value is -2.64. The van der Waals surface area contributed by atoms with E-state index in [-0.39, 0.29) is 19.4 Å². The normalized spacial score (nSPS) is 18.8. The molecule has 8 atom stereocenters. The largest absolute Gasteiger partial charge is 0.454 e. The Morgan fingerprint density at radius 3 is 1.25 bits per heavy atom. The standard InChI is InChI=1S/C73H133NO10/c1-4-7-10-13-16-19-22-25-27-29-31-33-34-35-37-39-41-43-46-49-52-55-58-61-68(78)84-71-70(80)69(79)67(62-75)83-73(71)82-63-64(65(76)59-56-53-50-47-44-24-21-18-15-12-9-6-3)74-72(81)66(77)60-57-54-51-48-45-42-40-38-36-32-30-28-26-23-20-17-14-11-8-5-2/h17,20,26,28,32,36,40,42,56,59,64-67,69-71,73,75-77,79-80H,4-16,18-19,21-25,27,29-31,33-35,37-39,41,43-55,57-58,60-63H2,1-3H3,(H,74,81)/b20-17-,28-26-,36-32-,42-40-,59-56+. The van der Waals surface area contributed by atoms with Crippen molar-refractivity contribution in [3.8, 4) is 0 Å². The molecule has 6 N–H and O–H groups in total. The van der Waals surface area contributed by atoms with Gasteiger partial charge in [0.1, 0.15) is 24.4 Å². The average Bonchev–Trinajstić information content (AvgIpc) is 3.52. The molecule has 8 unspecified atom stereocenters. The van der Waals surface area contributed by atoms with Crippen LogP contribution in [0.2, 0.25) is 0 Å². The number of esters is 1. The molecule has 11 nitrogen and oxygen atoms in total. The van der Waals surface area contributed by atoms with Gasteiger partial charge in [-0.1, -0.05) is 313 Å². The molecule has 0 aromatic carbocycles. The minimum absolute atomic E-state index is 0.124. The summed E-state index contributed by atoms with van der Waals surface area (Å²) in [5.41, 5.74) is 0. The van der Waals surface area contributed by atoms with Crippen molar-refractivity contribution in [2.45, 2.75) is 378 Å². The number of nitrogens with one attached hydrogen (secondary N) is 1. The lowest BCUT2D eigenvalue weighted by molar-refractivity contribution is -0.305. The Balaban J connectivity index is 2.59. The first-order chi connectivity index (χ1) is 41.2. The van der Waals surface area contributed by atoms with Crippen molar-refractivity contribution in [1.29, 1.82) is 0 Å². The van der Waals surface area contributed by atoms with E-state index in [1.54, 1.807) is 6.08 Å². The predicted molar refractivity (Wildman–Crippen MR) is 352 cm³/mol. The van der Waals surface area contributed by atoms with Crippen LogP contribution in [-0.4, -0.2) is 99.6 Å². The van der Waals surface area contributed by atoms with Gasteiger partial charge in [-0.3, -0.25) is 9.59 Å². The fourth-order valence-electron chi connectivity index (χ4n) is 11.0. The first-order valence-electron chi connectivity index (χ1n) is 35.6. The van der Waals surface area contributed by atoms with Gasteiger partial charge in [0.25, 0.3) is 0 Å². The molecule has 1 aliphatic rings. The van der Waals surface area contributed by atoms with Gasteiger partial charge in [-0.2, -0.15) is 0 Å².